The molecule has 0 radical (unpaired) electrons. The predicted octanol–water partition coefficient (Wildman–Crippen LogP) is 10.0. The van der Waals surface area contributed by atoms with Gasteiger partial charge in [-0.05, 0) is 76.5 Å². The Kier molecular flexibility index (Phi) is 9.45. The highest BCUT2D eigenvalue weighted by Gasteiger charge is 2.37. The monoisotopic (exact) mass is 570 g/mol. The van der Waals surface area contributed by atoms with E-state index in [2.05, 4.69) is 13.8 Å². The molecule has 3 aromatic rings. The molecule has 1 aliphatic rings. The number of alkyl halides is 2. The molecule has 1 saturated carbocycles. The van der Waals surface area contributed by atoms with E-state index in [-0.39, 0.29) is 47.2 Å². The van der Waals surface area contributed by atoms with Crippen molar-refractivity contribution in [1.29, 1.82) is 0 Å². The average Bonchev–Trinajstić information content (AvgIpc) is 3.29. The van der Waals surface area contributed by atoms with Gasteiger partial charge in [-0.15, -0.1) is 0 Å². The summed E-state index contributed by atoms with van der Waals surface area (Å²) >= 11 is 0. The first-order chi connectivity index (χ1) is 19.4. The fourth-order valence-electron chi connectivity index (χ4n) is 6.20. The van der Waals surface area contributed by atoms with Crippen LogP contribution in [0.2, 0.25) is 0 Å². The van der Waals surface area contributed by atoms with Gasteiger partial charge in [0.2, 0.25) is 0 Å². The van der Waals surface area contributed by atoms with Crippen LogP contribution < -0.4 is 4.74 Å². The number of halogens is 4. The molecule has 0 saturated heterocycles. The van der Waals surface area contributed by atoms with Gasteiger partial charge in [-0.25, -0.2) is 17.6 Å². The summed E-state index contributed by atoms with van der Waals surface area (Å²) in [6.07, 6.45) is 0.690. The van der Waals surface area contributed by atoms with E-state index in [0.29, 0.717) is 17.5 Å². The third-order valence-corrected chi connectivity index (χ3v) is 8.79. The first kappa shape index (κ1) is 30.6. The molecule has 1 unspecified atom stereocenters. The van der Waals surface area contributed by atoms with Crippen molar-refractivity contribution in [3.63, 3.8) is 0 Å². The van der Waals surface area contributed by atoms with Crippen molar-refractivity contribution in [3.05, 3.63) is 88.5 Å². The van der Waals surface area contributed by atoms with Crippen LogP contribution in [0.25, 0.3) is 11.1 Å². The van der Waals surface area contributed by atoms with E-state index in [1.54, 1.807) is 24.3 Å². The zero-order chi connectivity index (χ0) is 29.9. The lowest BCUT2D eigenvalue weighted by molar-refractivity contribution is -0.137. The molecule has 0 amide bonds. The van der Waals surface area contributed by atoms with Crippen molar-refractivity contribution < 1.29 is 32.2 Å². The molecular weight excluding hydrogens is 532 g/mol. The lowest BCUT2D eigenvalue weighted by Crippen LogP contribution is -2.17. The van der Waals surface area contributed by atoms with Gasteiger partial charge in [0.05, 0.1) is 6.42 Å². The average molecular weight is 571 g/mol. The topological polar surface area (TPSA) is 46.5 Å². The molecule has 0 spiro atoms. The van der Waals surface area contributed by atoms with Crippen LogP contribution in [0.4, 0.5) is 17.6 Å². The second kappa shape index (κ2) is 12.7. The van der Waals surface area contributed by atoms with Crippen molar-refractivity contribution >= 4 is 5.97 Å². The van der Waals surface area contributed by atoms with Gasteiger partial charge >= 0.3 is 5.97 Å². The fourth-order valence-corrected chi connectivity index (χ4v) is 6.20. The van der Waals surface area contributed by atoms with Crippen molar-refractivity contribution in [2.24, 2.45) is 11.3 Å². The van der Waals surface area contributed by atoms with Crippen LogP contribution >= 0.6 is 0 Å². The normalized spacial score (nSPS) is 17.9. The van der Waals surface area contributed by atoms with Crippen molar-refractivity contribution in [2.75, 3.05) is 0 Å². The number of rotatable bonds is 11. The molecule has 41 heavy (non-hydrogen) atoms. The van der Waals surface area contributed by atoms with Gasteiger partial charge in [0.25, 0.3) is 6.43 Å². The zero-order valence-electron chi connectivity index (χ0n) is 24.0. The smallest absolute Gasteiger partial charge is 0.303 e. The minimum atomic E-state index is -2.71. The molecule has 4 rings (SSSR count). The Morgan fingerprint density at radius 2 is 1.83 bits per heavy atom. The largest absolute Gasteiger partial charge is 0.486 e. The first-order valence-electron chi connectivity index (χ1n) is 14.3. The van der Waals surface area contributed by atoms with Crippen molar-refractivity contribution in [1.82, 2.24) is 0 Å². The maximum Gasteiger partial charge on any atom is 0.303 e. The van der Waals surface area contributed by atoms with E-state index in [1.807, 2.05) is 19.9 Å². The molecule has 1 aliphatic carbocycles. The van der Waals surface area contributed by atoms with E-state index in [4.69, 9.17) is 4.74 Å². The van der Waals surface area contributed by atoms with Crippen molar-refractivity contribution in [2.45, 2.75) is 84.7 Å². The number of ether oxygens (including phenoxy) is 1. The summed E-state index contributed by atoms with van der Waals surface area (Å²) in [5, 5.41) is 9.40. The van der Waals surface area contributed by atoms with Crippen LogP contribution in [0.15, 0.2) is 54.6 Å². The Hall–Kier alpha value is -3.35. The number of aliphatic carboxylic acids is 1. The quantitative estimate of drug-likeness (QED) is 0.233. The Morgan fingerprint density at radius 3 is 2.46 bits per heavy atom. The number of carbonyl (C=O) groups is 1. The summed E-state index contributed by atoms with van der Waals surface area (Å²) in [5.41, 5.74) is 2.34. The number of carboxylic acid groups (broad SMARTS) is 1. The first-order valence-corrected chi connectivity index (χ1v) is 14.3. The number of hydrogen-bond acceptors (Lipinski definition) is 2. The second-order valence-corrected chi connectivity index (χ2v) is 11.9. The van der Waals surface area contributed by atoms with Crippen LogP contribution in [0, 0.1) is 23.0 Å². The van der Waals surface area contributed by atoms with Crippen molar-refractivity contribution in [3.8, 4) is 16.9 Å². The van der Waals surface area contributed by atoms with E-state index in [9.17, 15) is 18.7 Å². The molecule has 1 N–H and O–H groups in total. The van der Waals surface area contributed by atoms with Gasteiger partial charge in [0, 0.05) is 11.1 Å². The Labute approximate surface area is 239 Å². The third kappa shape index (κ3) is 6.77. The maximum atomic E-state index is 15.6. The Balaban J connectivity index is 1.69. The summed E-state index contributed by atoms with van der Waals surface area (Å²) < 4.78 is 63.5. The molecule has 0 bridgehead atoms. The molecular formula is C34H38F4O3. The molecule has 3 aromatic carbocycles. The minimum Gasteiger partial charge on any atom is -0.486 e. The highest BCUT2D eigenvalue weighted by atomic mass is 19.3. The molecule has 0 aliphatic heterocycles. The molecule has 7 heteroatoms. The number of benzene rings is 3. The van der Waals surface area contributed by atoms with Crippen LogP contribution in [0.3, 0.4) is 0 Å². The summed E-state index contributed by atoms with van der Waals surface area (Å²) in [6.45, 7) is 8.21. The van der Waals surface area contributed by atoms with E-state index >= 15 is 8.78 Å². The lowest BCUT2D eigenvalue weighted by Gasteiger charge is -2.30. The summed E-state index contributed by atoms with van der Waals surface area (Å²) in [5.74, 6) is -2.53. The summed E-state index contributed by atoms with van der Waals surface area (Å²) in [4.78, 5) is 11.5. The summed E-state index contributed by atoms with van der Waals surface area (Å²) in [6, 6.07) is 13.6. The number of carboxylic acids is 1. The lowest BCUT2D eigenvalue weighted by atomic mass is 9.75. The number of hydrogen-bond donors (Lipinski definition) is 1. The molecule has 1 fully saturated rings. The van der Waals surface area contributed by atoms with Gasteiger partial charge < -0.3 is 9.84 Å². The van der Waals surface area contributed by atoms with E-state index in [1.165, 1.54) is 12.1 Å². The fraction of sp³-hybridized carbons (Fsp3) is 0.441. The standard InChI is InChI=1S/C34H38F4O3/c1-5-20(2)25(18-31(39)40)24-8-6-10-30(32(24)36)41-19-21-11-13-23(26(16-21)28-9-7-15-34(28,3)4)27-17-22(33(37)38)12-14-29(27)35/h6,8,10-14,16-17,20,25,28,33H,5,7,9,15,18-19H2,1-4H3,(H,39,40)/t20?,25-,28+/m0/s1. The highest BCUT2D eigenvalue weighted by molar-refractivity contribution is 5.70. The van der Waals surface area contributed by atoms with Gasteiger partial charge in [0.15, 0.2) is 11.6 Å². The van der Waals surface area contributed by atoms with Gasteiger partial charge in [-0.2, -0.15) is 0 Å². The van der Waals surface area contributed by atoms with Crippen LogP contribution in [0.5, 0.6) is 5.75 Å². The summed E-state index contributed by atoms with van der Waals surface area (Å²) in [7, 11) is 0. The molecule has 220 valence electrons. The maximum absolute atomic E-state index is 15.6. The van der Waals surface area contributed by atoms with Gasteiger partial charge in [-0.1, -0.05) is 76.9 Å². The van der Waals surface area contributed by atoms with Crippen LogP contribution in [-0.2, 0) is 11.4 Å². The van der Waals surface area contributed by atoms with Crippen LogP contribution in [-0.4, -0.2) is 11.1 Å². The third-order valence-electron chi connectivity index (χ3n) is 8.79. The van der Waals surface area contributed by atoms with Gasteiger partial charge in [-0.3, -0.25) is 4.79 Å². The highest BCUT2D eigenvalue weighted by Crippen LogP contribution is 2.51. The zero-order valence-corrected chi connectivity index (χ0v) is 24.0. The second-order valence-electron chi connectivity index (χ2n) is 11.9. The van der Waals surface area contributed by atoms with Gasteiger partial charge in [0.1, 0.15) is 12.4 Å². The SMILES string of the molecule is CCC(C)[C@H](CC(=O)O)c1cccc(OCc2ccc(-c3cc(C(F)F)ccc3F)c([C@H]3CCCC3(C)C)c2)c1F. The van der Waals surface area contributed by atoms with Crippen LogP contribution in [0.1, 0.15) is 100 Å². The van der Waals surface area contributed by atoms with E-state index in [0.717, 1.165) is 42.5 Å². The molecule has 3 atom stereocenters. The van der Waals surface area contributed by atoms with E-state index < -0.39 is 29.9 Å². The Morgan fingerprint density at radius 1 is 1.07 bits per heavy atom. The molecule has 0 aromatic heterocycles. The molecule has 3 nitrogen and oxygen atoms in total. The molecule has 0 heterocycles. The Bertz CT molecular complexity index is 1380. The minimum absolute atomic E-state index is 0.0312. The predicted molar refractivity (Wildman–Crippen MR) is 152 cm³/mol.